The largest absolute Gasteiger partial charge is 0.508 e. The second kappa shape index (κ2) is 13.6. The van der Waals surface area contributed by atoms with Crippen LogP contribution in [-0.4, -0.2) is 74.6 Å². The van der Waals surface area contributed by atoms with E-state index >= 15 is 0 Å². The summed E-state index contributed by atoms with van der Waals surface area (Å²) in [5.41, 5.74) is 1.26. The van der Waals surface area contributed by atoms with Gasteiger partial charge >= 0.3 is 5.97 Å². The smallest absolute Gasteiger partial charge is 0.326 e. The zero-order valence-electron chi connectivity index (χ0n) is 21.6. The Hall–Kier alpha value is -3.93. The van der Waals surface area contributed by atoms with Crippen LogP contribution in [0, 0.1) is 5.92 Å². The van der Waals surface area contributed by atoms with Crippen molar-refractivity contribution < 1.29 is 29.4 Å². The highest BCUT2D eigenvalue weighted by Gasteiger charge is 2.33. The highest BCUT2D eigenvalue weighted by Crippen LogP contribution is 2.13. The number of carboxylic acids is 1. The van der Waals surface area contributed by atoms with Crippen LogP contribution in [0.5, 0.6) is 5.75 Å². The van der Waals surface area contributed by atoms with Gasteiger partial charge in [0.15, 0.2) is 0 Å². The first-order chi connectivity index (χ1) is 18.2. The van der Waals surface area contributed by atoms with Crippen molar-refractivity contribution in [1.82, 2.24) is 31.2 Å². The van der Waals surface area contributed by atoms with Gasteiger partial charge in [0.2, 0.25) is 17.7 Å². The van der Waals surface area contributed by atoms with Gasteiger partial charge in [-0.25, -0.2) is 9.78 Å². The molecule has 1 aliphatic heterocycles. The predicted octanol–water partition coefficient (Wildman–Crippen LogP) is 0.238. The second-order valence-corrected chi connectivity index (χ2v) is 9.63. The van der Waals surface area contributed by atoms with Gasteiger partial charge in [0.25, 0.3) is 0 Å². The molecule has 5 unspecified atom stereocenters. The molecule has 2 heterocycles. The molecule has 2 aromatic rings. The summed E-state index contributed by atoms with van der Waals surface area (Å²) in [6.45, 7) is 4.26. The number of aromatic nitrogens is 2. The summed E-state index contributed by atoms with van der Waals surface area (Å²) in [6, 6.07) is 2.58. The van der Waals surface area contributed by atoms with Crippen LogP contribution in [0.2, 0.25) is 0 Å². The van der Waals surface area contributed by atoms with Crippen molar-refractivity contribution in [3.05, 3.63) is 48.0 Å². The Morgan fingerprint density at radius 1 is 1.05 bits per heavy atom. The normalized spacial score (nSPS) is 18.1. The summed E-state index contributed by atoms with van der Waals surface area (Å²) in [5.74, 6) is -3.01. The lowest BCUT2D eigenvalue weighted by atomic mass is 9.98. The van der Waals surface area contributed by atoms with Crippen LogP contribution in [0.1, 0.15) is 44.4 Å². The Labute approximate surface area is 221 Å². The average molecular weight is 529 g/mol. The van der Waals surface area contributed by atoms with E-state index < -0.39 is 42.0 Å². The number of carbonyl (C=O) groups excluding carboxylic acids is 3. The number of imidazole rings is 1. The Balaban J connectivity index is 1.81. The van der Waals surface area contributed by atoms with E-state index in [1.807, 2.05) is 6.92 Å². The number of benzene rings is 1. The summed E-state index contributed by atoms with van der Waals surface area (Å²) >= 11 is 0. The number of aromatic amines is 1. The van der Waals surface area contributed by atoms with Gasteiger partial charge in [-0.3, -0.25) is 14.4 Å². The molecule has 38 heavy (non-hydrogen) atoms. The minimum atomic E-state index is -1.17. The van der Waals surface area contributed by atoms with Crippen LogP contribution in [0.25, 0.3) is 0 Å². The molecule has 0 spiro atoms. The number of aromatic hydroxyl groups is 1. The number of phenolic OH excluding ortho intramolecular Hbond substituents is 1. The van der Waals surface area contributed by atoms with E-state index in [9.17, 15) is 29.4 Å². The maximum atomic E-state index is 13.5. The lowest BCUT2D eigenvalue weighted by Crippen LogP contribution is -2.58. The fourth-order valence-corrected chi connectivity index (χ4v) is 4.29. The minimum Gasteiger partial charge on any atom is -0.508 e. The number of H-pyrrole nitrogens is 1. The monoisotopic (exact) mass is 528 g/mol. The number of rotatable bonds is 13. The number of carboxylic acid groups (broad SMARTS) is 1. The van der Waals surface area contributed by atoms with E-state index in [-0.39, 0.29) is 30.4 Å². The number of nitrogens with zero attached hydrogens (tertiary/aromatic N) is 1. The number of hydrogen-bond donors (Lipinski definition) is 7. The molecule has 206 valence electrons. The molecule has 3 amide bonds. The lowest BCUT2D eigenvalue weighted by Gasteiger charge is -2.26. The SMILES string of the molecule is CCC(C)C(NC(=O)C(Cc1cnc[nH]1)NC(=O)C(Cc1ccc(O)cc1)NC(=O)C1CCCN1)C(=O)O. The first-order valence-electron chi connectivity index (χ1n) is 12.8. The van der Waals surface area contributed by atoms with Crippen molar-refractivity contribution in [2.75, 3.05) is 6.54 Å². The quantitative estimate of drug-likeness (QED) is 0.193. The van der Waals surface area contributed by atoms with E-state index in [1.165, 1.54) is 24.7 Å². The summed E-state index contributed by atoms with van der Waals surface area (Å²) in [6.07, 6.45) is 5.13. The zero-order chi connectivity index (χ0) is 27.7. The standard InChI is InChI=1S/C26H36N6O6/c1-3-15(2)22(26(37)38)32-25(36)21(12-17-13-27-14-29-17)31-24(35)20(11-16-6-8-18(33)9-7-16)30-23(34)19-5-4-10-28-19/h6-9,13-15,19-22,28,33H,3-5,10-12H2,1-2H3,(H,27,29)(H,30,34)(H,31,35)(H,32,36)(H,37,38). The van der Waals surface area contributed by atoms with Crippen LogP contribution in [0.4, 0.5) is 0 Å². The summed E-state index contributed by atoms with van der Waals surface area (Å²) in [4.78, 5) is 58.2. The molecule has 3 rings (SSSR count). The average Bonchev–Trinajstić information content (AvgIpc) is 3.61. The maximum absolute atomic E-state index is 13.5. The van der Waals surface area contributed by atoms with Crippen LogP contribution in [-0.2, 0) is 32.0 Å². The fraction of sp³-hybridized carbons (Fsp3) is 0.500. The number of carbonyl (C=O) groups is 4. The van der Waals surface area contributed by atoms with Crippen LogP contribution < -0.4 is 21.3 Å². The molecule has 12 heteroatoms. The Morgan fingerprint density at radius 3 is 2.32 bits per heavy atom. The van der Waals surface area contributed by atoms with Gasteiger partial charge in [-0.1, -0.05) is 32.4 Å². The highest BCUT2D eigenvalue weighted by atomic mass is 16.4. The predicted molar refractivity (Wildman–Crippen MR) is 138 cm³/mol. The van der Waals surface area contributed by atoms with E-state index in [4.69, 9.17) is 0 Å². The van der Waals surface area contributed by atoms with Crippen molar-refractivity contribution in [3.63, 3.8) is 0 Å². The van der Waals surface area contributed by atoms with E-state index in [0.717, 1.165) is 6.42 Å². The Bertz CT molecular complexity index is 1080. The molecule has 0 radical (unpaired) electrons. The molecule has 12 nitrogen and oxygen atoms in total. The molecule has 1 fully saturated rings. The van der Waals surface area contributed by atoms with E-state index in [2.05, 4.69) is 31.2 Å². The molecule has 5 atom stereocenters. The molecule has 1 aromatic heterocycles. The second-order valence-electron chi connectivity index (χ2n) is 9.63. The Kier molecular flexibility index (Phi) is 10.2. The summed E-state index contributed by atoms with van der Waals surface area (Å²) < 4.78 is 0. The molecule has 1 saturated heterocycles. The Morgan fingerprint density at radius 2 is 1.74 bits per heavy atom. The third-order valence-electron chi connectivity index (χ3n) is 6.77. The van der Waals surface area contributed by atoms with E-state index in [1.54, 1.807) is 19.1 Å². The van der Waals surface area contributed by atoms with Crippen molar-refractivity contribution in [1.29, 1.82) is 0 Å². The van der Waals surface area contributed by atoms with E-state index in [0.29, 0.717) is 30.6 Å². The van der Waals surface area contributed by atoms with Crippen LogP contribution in [0.3, 0.4) is 0 Å². The minimum absolute atomic E-state index is 0.0362. The molecule has 0 bridgehead atoms. The van der Waals surface area contributed by atoms with Crippen LogP contribution >= 0.6 is 0 Å². The van der Waals surface area contributed by atoms with Crippen molar-refractivity contribution in [2.24, 2.45) is 5.92 Å². The number of phenols is 1. The maximum Gasteiger partial charge on any atom is 0.326 e. The van der Waals surface area contributed by atoms with Gasteiger partial charge in [0.1, 0.15) is 23.9 Å². The zero-order valence-corrected chi connectivity index (χ0v) is 21.6. The van der Waals surface area contributed by atoms with Gasteiger partial charge in [0, 0.05) is 24.7 Å². The first kappa shape index (κ1) is 28.6. The molecular formula is C26H36N6O6. The molecule has 7 N–H and O–H groups in total. The van der Waals surface area contributed by atoms with Gasteiger partial charge < -0.3 is 36.5 Å². The molecule has 1 aliphatic rings. The number of hydrogen-bond acceptors (Lipinski definition) is 7. The molecule has 0 aliphatic carbocycles. The molecule has 1 aromatic carbocycles. The lowest BCUT2D eigenvalue weighted by molar-refractivity contribution is -0.143. The van der Waals surface area contributed by atoms with Gasteiger partial charge in [-0.05, 0) is 43.0 Å². The van der Waals surface area contributed by atoms with Crippen molar-refractivity contribution in [2.45, 2.75) is 70.1 Å². The van der Waals surface area contributed by atoms with Gasteiger partial charge in [-0.15, -0.1) is 0 Å². The number of nitrogens with one attached hydrogen (secondary N) is 5. The summed E-state index contributed by atoms with van der Waals surface area (Å²) in [7, 11) is 0. The third kappa shape index (κ3) is 8.04. The number of aliphatic carboxylic acids is 1. The fourth-order valence-electron chi connectivity index (χ4n) is 4.29. The van der Waals surface area contributed by atoms with Crippen LogP contribution in [0.15, 0.2) is 36.8 Å². The van der Waals surface area contributed by atoms with Crippen molar-refractivity contribution >= 4 is 23.7 Å². The third-order valence-corrected chi connectivity index (χ3v) is 6.77. The highest BCUT2D eigenvalue weighted by molar-refractivity contribution is 5.94. The topological polar surface area (TPSA) is 186 Å². The molecular weight excluding hydrogens is 492 g/mol. The first-order valence-corrected chi connectivity index (χ1v) is 12.8. The van der Waals surface area contributed by atoms with Gasteiger partial charge in [-0.2, -0.15) is 0 Å². The molecule has 0 saturated carbocycles. The number of amides is 3. The summed E-state index contributed by atoms with van der Waals surface area (Å²) in [5, 5.41) is 30.4. The van der Waals surface area contributed by atoms with Crippen molar-refractivity contribution in [3.8, 4) is 5.75 Å². The van der Waals surface area contributed by atoms with Gasteiger partial charge in [0.05, 0.1) is 12.4 Å².